The molecule has 1 fully saturated rings. The molecule has 0 saturated carbocycles. The molecule has 0 radical (unpaired) electrons. The Morgan fingerprint density at radius 2 is 1.82 bits per heavy atom. The van der Waals surface area contributed by atoms with Crippen molar-refractivity contribution >= 4 is 15.9 Å². The second-order valence-corrected chi connectivity index (χ2v) is 8.45. The van der Waals surface area contributed by atoms with Gasteiger partial charge in [-0.3, -0.25) is 4.79 Å². The molecular formula is C20H24N2O5S. The van der Waals surface area contributed by atoms with Gasteiger partial charge in [0.15, 0.2) is 0 Å². The van der Waals surface area contributed by atoms with Crippen molar-refractivity contribution < 1.29 is 22.7 Å². The van der Waals surface area contributed by atoms with Crippen LogP contribution in [0.4, 0.5) is 0 Å². The summed E-state index contributed by atoms with van der Waals surface area (Å²) < 4.78 is 37.3. The number of amides is 1. The zero-order chi connectivity index (χ0) is 20.1. The van der Waals surface area contributed by atoms with Gasteiger partial charge in [0, 0.05) is 18.7 Å². The van der Waals surface area contributed by atoms with Crippen molar-refractivity contribution in [2.75, 3.05) is 33.4 Å². The van der Waals surface area contributed by atoms with Gasteiger partial charge in [-0.2, -0.15) is 4.31 Å². The molecule has 0 aromatic heterocycles. The lowest BCUT2D eigenvalue weighted by Gasteiger charge is -2.26. The SMILES string of the molecule is COc1ccc(C(C)NC(=O)c2cccc(S(=O)(=O)N3CCOCC3)c2)cc1. The Balaban J connectivity index is 1.74. The van der Waals surface area contributed by atoms with Gasteiger partial charge in [-0.05, 0) is 42.8 Å². The molecule has 3 rings (SSSR count). The second kappa shape index (κ2) is 8.72. The standard InChI is InChI=1S/C20H24N2O5S/c1-15(16-6-8-18(26-2)9-7-16)21-20(23)17-4-3-5-19(14-17)28(24,25)22-10-12-27-13-11-22/h3-9,14-15H,10-13H2,1-2H3,(H,21,23). The van der Waals surface area contributed by atoms with Gasteiger partial charge in [0.1, 0.15) is 5.75 Å². The van der Waals surface area contributed by atoms with E-state index in [1.165, 1.54) is 16.4 Å². The zero-order valence-corrected chi connectivity index (χ0v) is 16.7. The number of hydrogen-bond donors (Lipinski definition) is 1. The van der Waals surface area contributed by atoms with Crippen LogP contribution in [0.25, 0.3) is 0 Å². The predicted octanol–water partition coefficient (Wildman–Crippen LogP) is 2.21. The number of nitrogens with zero attached hydrogens (tertiary/aromatic N) is 1. The fraction of sp³-hybridized carbons (Fsp3) is 0.350. The highest BCUT2D eigenvalue weighted by Gasteiger charge is 2.27. The van der Waals surface area contributed by atoms with Gasteiger partial charge >= 0.3 is 0 Å². The third kappa shape index (κ3) is 4.52. The average molecular weight is 404 g/mol. The number of nitrogens with one attached hydrogen (secondary N) is 1. The zero-order valence-electron chi connectivity index (χ0n) is 15.9. The Bertz CT molecular complexity index is 922. The summed E-state index contributed by atoms with van der Waals surface area (Å²) in [7, 11) is -2.05. The summed E-state index contributed by atoms with van der Waals surface area (Å²) >= 11 is 0. The van der Waals surface area contributed by atoms with Crippen LogP contribution in [0, 0.1) is 0 Å². The maximum Gasteiger partial charge on any atom is 0.251 e. The van der Waals surface area contributed by atoms with E-state index in [-0.39, 0.29) is 16.8 Å². The molecule has 1 N–H and O–H groups in total. The largest absolute Gasteiger partial charge is 0.497 e. The van der Waals surface area contributed by atoms with E-state index in [0.717, 1.165) is 11.3 Å². The van der Waals surface area contributed by atoms with Gasteiger partial charge in [0.2, 0.25) is 10.0 Å². The van der Waals surface area contributed by atoms with E-state index >= 15 is 0 Å². The normalized spacial score (nSPS) is 16.4. The molecule has 1 aliphatic heterocycles. The molecule has 1 saturated heterocycles. The summed E-state index contributed by atoms with van der Waals surface area (Å²) in [5, 5.41) is 2.90. The second-order valence-electron chi connectivity index (χ2n) is 6.51. The highest BCUT2D eigenvalue weighted by molar-refractivity contribution is 7.89. The highest BCUT2D eigenvalue weighted by atomic mass is 32.2. The first-order valence-corrected chi connectivity index (χ1v) is 10.5. The Morgan fingerprint density at radius 3 is 2.46 bits per heavy atom. The molecule has 1 atom stereocenters. The lowest BCUT2D eigenvalue weighted by molar-refractivity contribution is 0.0730. The van der Waals surface area contributed by atoms with Crippen molar-refractivity contribution in [1.82, 2.24) is 9.62 Å². The Labute approximate surface area is 165 Å². The maximum atomic E-state index is 12.8. The lowest BCUT2D eigenvalue weighted by atomic mass is 10.1. The Kier molecular flexibility index (Phi) is 6.33. The van der Waals surface area contributed by atoms with Crippen LogP contribution in [0.15, 0.2) is 53.4 Å². The molecule has 1 amide bonds. The molecule has 7 nitrogen and oxygen atoms in total. The van der Waals surface area contributed by atoms with Crippen molar-refractivity contribution in [3.8, 4) is 5.75 Å². The molecule has 28 heavy (non-hydrogen) atoms. The smallest absolute Gasteiger partial charge is 0.251 e. The van der Waals surface area contributed by atoms with E-state index in [0.29, 0.717) is 31.9 Å². The van der Waals surface area contributed by atoms with E-state index < -0.39 is 10.0 Å². The molecule has 1 heterocycles. The predicted molar refractivity (Wildman–Crippen MR) is 105 cm³/mol. The summed E-state index contributed by atoms with van der Waals surface area (Å²) in [6.45, 7) is 3.24. The van der Waals surface area contributed by atoms with Crippen molar-refractivity contribution in [2.24, 2.45) is 0 Å². The quantitative estimate of drug-likeness (QED) is 0.798. The minimum atomic E-state index is -3.65. The first-order chi connectivity index (χ1) is 13.4. The fourth-order valence-electron chi connectivity index (χ4n) is 2.99. The van der Waals surface area contributed by atoms with E-state index in [1.54, 1.807) is 19.2 Å². The summed E-state index contributed by atoms with van der Waals surface area (Å²) in [5.41, 5.74) is 1.22. The Hall–Kier alpha value is -2.42. The van der Waals surface area contributed by atoms with Crippen molar-refractivity contribution in [1.29, 1.82) is 0 Å². The minimum Gasteiger partial charge on any atom is -0.497 e. The number of rotatable bonds is 6. The van der Waals surface area contributed by atoms with Gasteiger partial charge in [0.05, 0.1) is 31.3 Å². The number of carbonyl (C=O) groups is 1. The van der Waals surface area contributed by atoms with Crippen molar-refractivity contribution in [3.05, 3.63) is 59.7 Å². The van der Waals surface area contributed by atoms with E-state index in [2.05, 4.69) is 5.32 Å². The van der Waals surface area contributed by atoms with Crippen molar-refractivity contribution in [3.63, 3.8) is 0 Å². The molecule has 0 spiro atoms. The van der Waals surface area contributed by atoms with Gasteiger partial charge in [0.25, 0.3) is 5.91 Å². The van der Waals surface area contributed by atoms with E-state index in [1.807, 2.05) is 31.2 Å². The first kappa shape index (κ1) is 20.3. The van der Waals surface area contributed by atoms with Crippen LogP contribution in [0.5, 0.6) is 5.75 Å². The third-order valence-electron chi connectivity index (χ3n) is 4.67. The van der Waals surface area contributed by atoms with Crippen molar-refractivity contribution in [2.45, 2.75) is 17.9 Å². The molecule has 8 heteroatoms. The Morgan fingerprint density at radius 1 is 1.14 bits per heavy atom. The molecule has 2 aromatic rings. The van der Waals surface area contributed by atoms with Crippen LogP contribution in [0.1, 0.15) is 28.9 Å². The van der Waals surface area contributed by atoms with Crippen LogP contribution < -0.4 is 10.1 Å². The van der Waals surface area contributed by atoms with Crippen LogP contribution in [0.3, 0.4) is 0 Å². The third-order valence-corrected chi connectivity index (χ3v) is 6.56. The number of benzene rings is 2. The van der Waals surface area contributed by atoms with Crippen LogP contribution >= 0.6 is 0 Å². The van der Waals surface area contributed by atoms with Crippen LogP contribution in [0.2, 0.25) is 0 Å². The van der Waals surface area contributed by atoms with Gasteiger partial charge in [-0.15, -0.1) is 0 Å². The molecule has 0 aliphatic carbocycles. The van der Waals surface area contributed by atoms with Crippen LogP contribution in [-0.4, -0.2) is 52.0 Å². The van der Waals surface area contributed by atoms with Crippen LogP contribution in [-0.2, 0) is 14.8 Å². The minimum absolute atomic E-state index is 0.110. The number of ether oxygens (including phenoxy) is 2. The van der Waals surface area contributed by atoms with Gasteiger partial charge in [-0.25, -0.2) is 8.42 Å². The lowest BCUT2D eigenvalue weighted by Crippen LogP contribution is -2.40. The highest BCUT2D eigenvalue weighted by Crippen LogP contribution is 2.20. The monoisotopic (exact) mass is 404 g/mol. The molecular weight excluding hydrogens is 380 g/mol. The molecule has 2 aromatic carbocycles. The summed E-state index contributed by atoms with van der Waals surface area (Å²) in [6, 6.07) is 13.3. The number of sulfonamides is 1. The number of carbonyl (C=O) groups excluding carboxylic acids is 1. The molecule has 1 aliphatic rings. The molecule has 1 unspecified atom stereocenters. The number of methoxy groups -OCH3 is 1. The summed E-state index contributed by atoms with van der Waals surface area (Å²) in [4.78, 5) is 12.8. The molecule has 150 valence electrons. The topological polar surface area (TPSA) is 84.9 Å². The van der Waals surface area contributed by atoms with E-state index in [4.69, 9.17) is 9.47 Å². The number of morpholine rings is 1. The first-order valence-electron chi connectivity index (χ1n) is 9.04. The average Bonchev–Trinajstić information content (AvgIpc) is 2.74. The summed E-state index contributed by atoms with van der Waals surface area (Å²) in [6.07, 6.45) is 0. The van der Waals surface area contributed by atoms with Gasteiger partial charge < -0.3 is 14.8 Å². The number of hydrogen-bond acceptors (Lipinski definition) is 5. The van der Waals surface area contributed by atoms with Gasteiger partial charge in [-0.1, -0.05) is 18.2 Å². The maximum absolute atomic E-state index is 12.8. The molecule has 0 bridgehead atoms. The van der Waals surface area contributed by atoms with E-state index in [9.17, 15) is 13.2 Å². The summed E-state index contributed by atoms with van der Waals surface area (Å²) in [5.74, 6) is 0.408. The fourth-order valence-corrected chi connectivity index (χ4v) is 4.44.